The number of nitrogens with zero attached hydrogens (tertiary/aromatic N) is 1. The van der Waals surface area contributed by atoms with Gasteiger partial charge in [0.15, 0.2) is 0 Å². The highest BCUT2D eigenvalue weighted by Crippen LogP contribution is 2.40. The molecule has 1 fully saturated rings. The lowest BCUT2D eigenvalue weighted by Crippen LogP contribution is -1.92. The molecule has 0 bridgehead atoms. The van der Waals surface area contributed by atoms with Gasteiger partial charge in [-0.1, -0.05) is 41.4 Å². The first-order valence-electron chi connectivity index (χ1n) is 6.44. The summed E-state index contributed by atoms with van der Waals surface area (Å²) >= 11 is 5.34. The normalized spacial score (nSPS) is 23.4. The summed E-state index contributed by atoms with van der Waals surface area (Å²) in [6.07, 6.45) is 3.98. The van der Waals surface area contributed by atoms with Crippen molar-refractivity contribution in [1.29, 1.82) is 0 Å². The highest BCUT2D eigenvalue weighted by atomic mass is 79.9. The average molecular weight is 322 g/mol. The molecule has 1 saturated carbocycles. The van der Waals surface area contributed by atoms with Crippen molar-refractivity contribution in [2.75, 3.05) is 0 Å². The van der Waals surface area contributed by atoms with Gasteiger partial charge < -0.3 is 0 Å². The molecule has 0 spiro atoms. The van der Waals surface area contributed by atoms with E-state index in [0.717, 1.165) is 16.1 Å². The quantitative estimate of drug-likeness (QED) is 0.714. The van der Waals surface area contributed by atoms with Gasteiger partial charge in [-0.25, -0.2) is 4.98 Å². The fraction of sp³-hybridized carbons (Fsp3) is 0.400. The summed E-state index contributed by atoms with van der Waals surface area (Å²) in [6.45, 7) is 2.35. The molecule has 0 aliphatic heterocycles. The molecule has 3 rings (SSSR count). The summed E-state index contributed by atoms with van der Waals surface area (Å²) in [7, 11) is 0. The molecule has 2 atom stereocenters. The third-order valence-electron chi connectivity index (χ3n) is 3.69. The Morgan fingerprint density at radius 3 is 2.94 bits per heavy atom. The van der Waals surface area contributed by atoms with Gasteiger partial charge >= 0.3 is 0 Å². The molecule has 1 aromatic heterocycles. The molecule has 94 valence electrons. The minimum atomic E-state index is 0.700. The molecule has 1 aliphatic carbocycles. The fourth-order valence-corrected chi connectivity index (χ4v) is 4.06. The van der Waals surface area contributed by atoms with Gasteiger partial charge in [-0.3, -0.25) is 0 Å². The number of halogens is 1. The van der Waals surface area contributed by atoms with Crippen LogP contribution in [0.25, 0.3) is 11.3 Å². The van der Waals surface area contributed by atoms with Crippen LogP contribution in [0.15, 0.2) is 34.1 Å². The van der Waals surface area contributed by atoms with E-state index in [0.29, 0.717) is 5.92 Å². The molecule has 18 heavy (non-hydrogen) atoms. The molecular weight excluding hydrogens is 306 g/mol. The maximum Gasteiger partial charge on any atom is 0.0963 e. The predicted octanol–water partition coefficient (Wildman–Crippen LogP) is 5.48. The third-order valence-corrected chi connectivity index (χ3v) is 5.19. The second-order valence-corrected chi connectivity index (χ2v) is 7.00. The van der Waals surface area contributed by atoms with Crippen LogP contribution in [-0.4, -0.2) is 4.98 Å². The number of rotatable bonds is 2. The van der Waals surface area contributed by atoms with Crippen molar-refractivity contribution in [3.8, 4) is 11.3 Å². The standard InChI is InChI=1S/C15H16BrNS/c1-10-5-6-12(7-10)15-17-14(9-18-15)11-3-2-4-13(16)8-11/h2-4,8-10,12H,5-7H2,1H3. The van der Waals surface area contributed by atoms with Crippen LogP contribution in [0.5, 0.6) is 0 Å². The molecule has 0 amide bonds. The highest BCUT2D eigenvalue weighted by Gasteiger charge is 2.25. The number of hydrogen-bond acceptors (Lipinski definition) is 2. The van der Waals surface area contributed by atoms with E-state index >= 15 is 0 Å². The SMILES string of the molecule is CC1CCC(c2nc(-c3cccc(Br)c3)cs2)C1. The fourth-order valence-electron chi connectivity index (χ4n) is 2.69. The van der Waals surface area contributed by atoms with Gasteiger partial charge in [0.1, 0.15) is 0 Å². The van der Waals surface area contributed by atoms with Crippen LogP contribution in [0.3, 0.4) is 0 Å². The van der Waals surface area contributed by atoms with E-state index in [4.69, 9.17) is 4.98 Å². The Morgan fingerprint density at radius 2 is 2.22 bits per heavy atom. The van der Waals surface area contributed by atoms with Crippen LogP contribution in [-0.2, 0) is 0 Å². The van der Waals surface area contributed by atoms with Crippen LogP contribution < -0.4 is 0 Å². The van der Waals surface area contributed by atoms with Crippen LogP contribution in [0, 0.1) is 5.92 Å². The van der Waals surface area contributed by atoms with Crippen molar-refractivity contribution in [2.24, 2.45) is 5.92 Å². The van der Waals surface area contributed by atoms with Crippen molar-refractivity contribution in [2.45, 2.75) is 32.1 Å². The monoisotopic (exact) mass is 321 g/mol. The number of benzene rings is 1. The molecular formula is C15H16BrNS. The Bertz CT molecular complexity index is 549. The summed E-state index contributed by atoms with van der Waals surface area (Å²) in [5.74, 6) is 1.57. The topological polar surface area (TPSA) is 12.9 Å². The second-order valence-electron chi connectivity index (χ2n) is 5.20. The van der Waals surface area contributed by atoms with Crippen LogP contribution >= 0.6 is 27.3 Å². The average Bonchev–Trinajstić information content (AvgIpc) is 2.97. The first kappa shape index (κ1) is 12.4. The molecule has 2 aromatic rings. The molecule has 2 unspecified atom stereocenters. The van der Waals surface area contributed by atoms with Crippen molar-refractivity contribution in [3.05, 3.63) is 39.1 Å². The van der Waals surface area contributed by atoms with E-state index in [-0.39, 0.29) is 0 Å². The van der Waals surface area contributed by atoms with E-state index in [9.17, 15) is 0 Å². The second kappa shape index (κ2) is 5.14. The zero-order valence-corrected chi connectivity index (χ0v) is 12.8. The molecule has 0 saturated heterocycles. The molecule has 0 N–H and O–H groups in total. The Kier molecular flexibility index (Phi) is 3.53. The maximum absolute atomic E-state index is 4.84. The van der Waals surface area contributed by atoms with Gasteiger partial charge in [-0.05, 0) is 30.9 Å². The molecule has 0 radical (unpaired) electrons. The van der Waals surface area contributed by atoms with Crippen molar-refractivity contribution >= 4 is 27.3 Å². The van der Waals surface area contributed by atoms with E-state index in [1.54, 1.807) is 0 Å². The van der Waals surface area contributed by atoms with Crippen LogP contribution in [0.1, 0.15) is 37.1 Å². The van der Waals surface area contributed by atoms with Gasteiger partial charge in [0.05, 0.1) is 10.7 Å². The molecule has 3 heteroatoms. The summed E-state index contributed by atoms with van der Waals surface area (Å²) < 4.78 is 1.11. The summed E-state index contributed by atoms with van der Waals surface area (Å²) in [4.78, 5) is 4.84. The molecule has 1 aliphatic rings. The summed E-state index contributed by atoms with van der Waals surface area (Å²) in [6, 6.07) is 8.38. The van der Waals surface area contributed by atoms with Crippen molar-refractivity contribution in [1.82, 2.24) is 4.98 Å². The number of hydrogen-bond donors (Lipinski definition) is 0. The Hall–Kier alpha value is -0.670. The lowest BCUT2D eigenvalue weighted by molar-refractivity contribution is 0.596. The van der Waals surface area contributed by atoms with Gasteiger partial charge in [-0.15, -0.1) is 11.3 Å². The smallest absolute Gasteiger partial charge is 0.0963 e. The van der Waals surface area contributed by atoms with Gasteiger partial charge in [0, 0.05) is 21.3 Å². The first-order valence-corrected chi connectivity index (χ1v) is 8.11. The number of aromatic nitrogens is 1. The maximum atomic E-state index is 4.84. The molecule has 1 aromatic carbocycles. The van der Waals surface area contributed by atoms with Crippen molar-refractivity contribution in [3.63, 3.8) is 0 Å². The molecule has 1 nitrogen and oxygen atoms in total. The number of thiazole rings is 1. The summed E-state index contributed by atoms with van der Waals surface area (Å²) in [5.41, 5.74) is 2.33. The van der Waals surface area contributed by atoms with Gasteiger partial charge in [0.2, 0.25) is 0 Å². The first-order chi connectivity index (χ1) is 8.72. The third kappa shape index (κ3) is 2.52. The lowest BCUT2D eigenvalue weighted by atomic mass is 10.1. The van der Waals surface area contributed by atoms with Gasteiger partial charge in [-0.2, -0.15) is 0 Å². The largest absolute Gasteiger partial charge is 0.241 e. The molecule has 1 heterocycles. The minimum Gasteiger partial charge on any atom is -0.241 e. The van der Waals surface area contributed by atoms with Crippen LogP contribution in [0.2, 0.25) is 0 Å². The predicted molar refractivity (Wildman–Crippen MR) is 81.0 cm³/mol. The van der Waals surface area contributed by atoms with E-state index in [2.05, 4.69) is 52.5 Å². The van der Waals surface area contributed by atoms with E-state index in [1.807, 2.05) is 11.3 Å². The van der Waals surface area contributed by atoms with Crippen molar-refractivity contribution < 1.29 is 0 Å². The van der Waals surface area contributed by atoms with E-state index < -0.39 is 0 Å². The Labute approximate surface area is 120 Å². The zero-order valence-electron chi connectivity index (χ0n) is 10.4. The highest BCUT2D eigenvalue weighted by molar-refractivity contribution is 9.10. The Balaban J connectivity index is 1.85. The van der Waals surface area contributed by atoms with Gasteiger partial charge in [0.25, 0.3) is 0 Å². The van der Waals surface area contributed by atoms with Crippen LogP contribution in [0.4, 0.5) is 0 Å². The summed E-state index contributed by atoms with van der Waals surface area (Å²) in [5, 5.41) is 3.52. The lowest BCUT2D eigenvalue weighted by Gasteiger charge is -2.04. The minimum absolute atomic E-state index is 0.700. The Morgan fingerprint density at radius 1 is 1.33 bits per heavy atom. The van der Waals surface area contributed by atoms with E-state index in [1.165, 1.54) is 29.8 Å². The zero-order chi connectivity index (χ0) is 12.5.